The minimum Gasteiger partial charge on any atom is -0.558 e. The number of hydrogen-bond acceptors (Lipinski definition) is 7. The van der Waals surface area contributed by atoms with Gasteiger partial charge in [0, 0.05) is 25.0 Å². The number of carboxylic acid groups (broad SMARTS) is 2. The number of aliphatic carboxylic acids is 2. The smallest absolute Gasteiger partial charge is 0.558 e. The number of ether oxygens (including phenoxy) is 2. The van der Waals surface area contributed by atoms with E-state index in [0.717, 1.165) is 29.8 Å². The van der Waals surface area contributed by atoms with Crippen LogP contribution in [-0.2, 0) is 50.4 Å². The van der Waals surface area contributed by atoms with Crippen LogP contribution in [-0.4, -0.2) is 31.9 Å². The fraction of sp³-hybridized carbons (Fsp3) is 0.125. The molecule has 0 unspecified atom stereocenters. The summed E-state index contributed by atoms with van der Waals surface area (Å²) in [6.45, 7) is 1.94. The van der Waals surface area contributed by atoms with Gasteiger partial charge in [-0.05, 0) is 55.0 Å². The molecule has 0 N–H and O–H groups in total. The molecule has 0 spiro atoms. The van der Waals surface area contributed by atoms with Crippen molar-refractivity contribution in [3.63, 3.8) is 0 Å². The molecule has 224 valence electrons. The van der Waals surface area contributed by atoms with Crippen molar-refractivity contribution in [2.24, 2.45) is 0 Å². The van der Waals surface area contributed by atoms with E-state index in [4.69, 9.17) is 29.3 Å². The summed E-state index contributed by atoms with van der Waals surface area (Å²) in [6.07, 6.45) is 1.85. The summed E-state index contributed by atoms with van der Waals surface area (Å²) in [6, 6.07) is 38.1. The van der Waals surface area contributed by atoms with Crippen molar-refractivity contribution < 1.29 is 74.9 Å². The minimum atomic E-state index is -2.46. The zero-order valence-electron chi connectivity index (χ0n) is 23.3. The van der Waals surface area contributed by atoms with Gasteiger partial charge in [0.25, 0.3) is 0 Å². The van der Waals surface area contributed by atoms with Crippen LogP contribution in [0.5, 0.6) is 11.5 Å². The first kappa shape index (κ1) is 38.7. The third-order valence-electron chi connectivity index (χ3n) is 5.29. The van der Waals surface area contributed by atoms with Gasteiger partial charge in [0.2, 0.25) is 0 Å². The number of rotatable bonds is 8. The van der Waals surface area contributed by atoms with Crippen molar-refractivity contribution >= 4 is 40.9 Å². The Morgan fingerprint density at radius 3 is 1.62 bits per heavy atom. The molecule has 0 saturated carbocycles. The maximum Gasteiger partial charge on any atom is 2.00 e. The monoisotopic (exact) mass is 768 g/mol. The van der Waals surface area contributed by atoms with Gasteiger partial charge in [0.05, 0.1) is 24.8 Å². The molecule has 42 heavy (non-hydrogen) atoms. The average Bonchev–Trinajstić information content (AvgIpc) is 2.96. The van der Waals surface area contributed by atoms with Gasteiger partial charge in [-0.25, -0.2) is 11.6 Å². The van der Waals surface area contributed by atoms with Gasteiger partial charge in [-0.3, -0.25) is 0 Å². The number of methoxy groups -OCH3 is 2. The Balaban J connectivity index is 0.00000150. The van der Waals surface area contributed by atoms with E-state index >= 15 is 0 Å². The molecule has 0 amide bonds. The van der Waals surface area contributed by atoms with Gasteiger partial charge in [0.1, 0.15) is 0 Å². The number of hydrogen-bond donors (Lipinski definition) is 0. The van der Waals surface area contributed by atoms with Crippen LogP contribution in [0.2, 0.25) is 0 Å². The Morgan fingerprint density at radius 1 is 0.738 bits per heavy atom. The molecule has 0 atom stereocenters. The second-order valence-corrected chi connectivity index (χ2v) is 11.3. The fourth-order valence-corrected chi connectivity index (χ4v) is 7.40. The summed E-state index contributed by atoms with van der Waals surface area (Å²) in [7, 11) is 0.654. The summed E-state index contributed by atoms with van der Waals surface area (Å²) in [5.41, 5.74) is 0.375. The molecule has 0 aliphatic carbocycles. The molecule has 0 bridgehead atoms. The second kappa shape index (κ2) is 19.8. The van der Waals surface area contributed by atoms with E-state index in [2.05, 4.69) is 36.4 Å². The van der Waals surface area contributed by atoms with Gasteiger partial charge in [0.15, 0.2) is 0 Å². The summed E-state index contributed by atoms with van der Waals surface area (Å²) in [4.78, 5) is 31.5. The van der Waals surface area contributed by atoms with Crippen LogP contribution in [0, 0.1) is 18.3 Å². The van der Waals surface area contributed by atoms with Crippen molar-refractivity contribution in [1.29, 1.82) is 0 Å². The molecule has 0 fully saturated rings. The average molecular weight is 769 g/mol. The van der Waals surface area contributed by atoms with Crippen LogP contribution in [0.25, 0.3) is 0 Å². The Kier molecular flexibility index (Phi) is 18.2. The van der Waals surface area contributed by atoms with E-state index < -0.39 is 19.2 Å². The Labute approximate surface area is 274 Å². The predicted octanol–water partition coefficient (Wildman–Crippen LogP) is 2.15. The van der Waals surface area contributed by atoms with Gasteiger partial charge in [-0.1, -0.05) is 48.6 Å². The van der Waals surface area contributed by atoms with Gasteiger partial charge < -0.3 is 34.1 Å². The number of ketones is 1. The molecule has 10 heteroatoms. The number of benzene rings is 4. The van der Waals surface area contributed by atoms with Crippen LogP contribution in [0.3, 0.4) is 0 Å². The zero-order chi connectivity index (χ0) is 29.5. The Bertz CT molecular complexity index is 1270. The molecule has 7 nitrogen and oxygen atoms in total. The standard InChI is InChI=1S/C28H23O3P.2C2H4O2.2Pd/c1-30-22-18-19-26(28(20-22)31-2)27(29)21-32(23-12-6-3-7-13-23,24-14-8-4-9-15-24)25-16-10-5-11-17-25;2*1-2(3)4;;/h3-16,18,20-21H,1-2H3;2*1H3,(H,3,4);;/q-2;;;2*+2/p-2. The number of carbonyl (C=O) groups excluding carboxylic acids is 3. The predicted molar refractivity (Wildman–Crippen MR) is 152 cm³/mol. The van der Waals surface area contributed by atoms with Gasteiger partial charge in [-0.15, -0.1) is 18.2 Å². The van der Waals surface area contributed by atoms with Crippen molar-refractivity contribution in [3.05, 3.63) is 121 Å². The van der Waals surface area contributed by atoms with Crippen LogP contribution < -0.4 is 35.6 Å². The number of carbonyl (C=O) groups is 3. The van der Waals surface area contributed by atoms with E-state index in [-0.39, 0.29) is 46.6 Å². The van der Waals surface area contributed by atoms with E-state index in [0.29, 0.717) is 17.1 Å². The van der Waals surface area contributed by atoms with E-state index in [1.54, 1.807) is 26.4 Å². The molecular formula is C32H29O7PPd2. The topological polar surface area (TPSA) is 116 Å². The van der Waals surface area contributed by atoms with Crippen molar-refractivity contribution in [1.82, 2.24) is 0 Å². The largest absolute Gasteiger partial charge is 2.00 e. The molecular weight excluding hydrogens is 740 g/mol. The SMILES string of the molecule is CC(=O)[O-].CC(=O)[O-].COc1c[c-]c(C(=O)[CH-][P+](c2[c-]cccc2)(c2ccccc2)c2ccccc2)c(OC)c1.[Pd+2].[Pd+2]. The maximum absolute atomic E-state index is 13.8. The quantitative estimate of drug-likeness (QED) is 0.117. The molecule has 0 aliphatic heterocycles. The van der Waals surface area contributed by atoms with E-state index in [1.165, 1.54) is 0 Å². The van der Waals surface area contributed by atoms with Gasteiger partial charge >= 0.3 is 40.8 Å². The third kappa shape index (κ3) is 11.2. The first-order valence-electron chi connectivity index (χ1n) is 12.0. The number of carboxylic acids is 2. The number of Topliss-reactive ketones (excluding diaryl/α,β-unsaturated/α-hetero) is 1. The molecule has 4 aromatic carbocycles. The van der Waals surface area contributed by atoms with Crippen LogP contribution in [0.15, 0.2) is 97.1 Å². The van der Waals surface area contributed by atoms with Crippen molar-refractivity contribution in [2.75, 3.05) is 14.2 Å². The normalized spacial score (nSPS) is 9.52. The molecule has 0 heterocycles. The first-order chi connectivity index (χ1) is 19.1. The van der Waals surface area contributed by atoms with Crippen molar-refractivity contribution in [3.8, 4) is 11.5 Å². The van der Waals surface area contributed by atoms with E-state index in [9.17, 15) is 4.79 Å². The van der Waals surface area contributed by atoms with Gasteiger partial charge in [-0.2, -0.15) is 18.2 Å². The Hall–Kier alpha value is -3.29. The molecule has 0 radical (unpaired) electrons. The summed E-state index contributed by atoms with van der Waals surface area (Å²) in [5, 5.41) is 20.9. The molecule has 0 aliphatic rings. The molecule has 4 rings (SSSR count). The molecule has 4 aromatic rings. The minimum absolute atomic E-state index is 0. The zero-order valence-corrected chi connectivity index (χ0v) is 27.3. The molecule has 0 aromatic heterocycles. The maximum atomic E-state index is 13.8. The fourth-order valence-electron chi connectivity index (χ4n) is 3.74. The summed E-state index contributed by atoms with van der Waals surface area (Å²) < 4.78 is 10.8. The summed E-state index contributed by atoms with van der Waals surface area (Å²) in [5.74, 6) is -1.30. The van der Waals surface area contributed by atoms with E-state index in [1.807, 2.05) is 66.8 Å². The summed E-state index contributed by atoms with van der Waals surface area (Å²) >= 11 is 0. The molecule has 0 saturated heterocycles. The second-order valence-electron chi connectivity index (χ2n) is 8.10. The Morgan fingerprint density at radius 2 is 1.21 bits per heavy atom. The third-order valence-corrected chi connectivity index (χ3v) is 9.18. The van der Waals surface area contributed by atoms with Crippen LogP contribution in [0.1, 0.15) is 24.2 Å². The first-order valence-corrected chi connectivity index (χ1v) is 13.9. The van der Waals surface area contributed by atoms with Crippen LogP contribution >= 0.6 is 7.26 Å². The van der Waals surface area contributed by atoms with Crippen LogP contribution in [0.4, 0.5) is 0 Å². The van der Waals surface area contributed by atoms with Crippen molar-refractivity contribution in [2.45, 2.75) is 13.8 Å².